The molecule has 0 aliphatic carbocycles. The number of benzene rings is 1. The van der Waals surface area contributed by atoms with E-state index < -0.39 is 10.0 Å². The molecule has 102 valence electrons. The highest BCUT2D eigenvalue weighted by atomic mass is 79.9. The van der Waals surface area contributed by atoms with Crippen molar-refractivity contribution in [3.05, 3.63) is 46.3 Å². The minimum Gasteiger partial charge on any atom is -0.466 e. The van der Waals surface area contributed by atoms with Gasteiger partial charge in [-0.2, -0.15) is 0 Å². The largest absolute Gasteiger partial charge is 0.466 e. The van der Waals surface area contributed by atoms with E-state index in [4.69, 9.17) is 9.56 Å². The third kappa shape index (κ3) is 3.17. The monoisotopic (exact) mass is 344 g/mol. The molecule has 1 heterocycles. The lowest BCUT2D eigenvalue weighted by molar-refractivity contribution is 0.516. The molecule has 1 aromatic carbocycles. The van der Waals surface area contributed by atoms with Crippen LogP contribution < -0.4 is 10.5 Å². The summed E-state index contributed by atoms with van der Waals surface area (Å²) in [5.41, 5.74) is 1.29. The summed E-state index contributed by atoms with van der Waals surface area (Å²) in [5, 5.41) is 8.28. The molecule has 0 saturated carbocycles. The normalized spacial score (nSPS) is 11.5. The zero-order chi connectivity index (χ0) is 14.0. The molecule has 2 aromatic rings. The number of halogens is 1. The number of hydrogen-bond acceptors (Lipinski definition) is 4. The third-order valence-corrected chi connectivity index (χ3v) is 4.48. The van der Waals surface area contributed by atoms with Crippen molar-refractivity contribution in [2.75, 3.05) is 5.32 Å². The Kier molecular flexibility index (Phi) is 3.98. The first kappa shape index (κ1) is 14.1. The molecule has 0 spiro atoms. The average Bonchev–Trinajstić information content (AvgIpc) is 2.72. The van der Waals surface area contributed by atoms with Crippen LogP contribution in [0.5, 0.6) is 0 Å². The van der Waals surface area contributed by atoms with E-state index >= 15 is 0 Å². The van der Waals surface area contributed by atoms with Crippen LogP contribution in [0, 0.1) is 6.92 Å². The van der Waals surface area contributed by atoms with Crippen LogP contribution in [-0.2, 0) is 16.6 Å². The molecule has 0 bridgehead atoms. The number of rotatable bonds is 4. The molecule has 0 radical (unpaired) electrons. The van der Waals surface area contributed by atoms with Gasteiger partial charge in [-0.25, -0.2) is 13.6 Å². The highest BCUT2D eigenvalue weighted by Crippen LogP contribution is 2.24. The van der Waals surface area contributed by atoms with Crippen molar-refractivity contribution in [1.29, 1.82) is 0 Å². The number of nitrogens with one attached hydrogen (secondary N) is 1. The summed E-state index contributed by atoms with van der Waals surface area (Å²) in [6.07, 6.45) is 1.58. The van der Waals surface area contributed by atoms with Crippen LogP contribution >= 0.6 is 15.9 Å². The Hall–Kier alpha value is -1.31. The second kappa shape index (κ2) is 5.36. The number of anilines is 1. The van der Waals surface area contributed by atoms with Crippen molar-refractivity contribution in [2.45, 2.75) is 18.4 Å². The molecule has 1 aromatic heterocycles. The van der Waals surface area contributed by atoms with Gasteiger partial charge in [0.05, 0.1) is 22.2 Å². The second-order valence-electron chi connectivity index (χ2n) is 4.02. The SMILES string of the molecule is Cc1c(NCc2occc2Br)cccc1S(N)(=O)=O. The molecular weight excluding hydrogens is 332 g/mol. The molecule has 5 nitrogen and oxygen atoms in total. The number of furan rings is 1. The smallest absolute Gasteiger partial charge is 0.238 e. The predicted molar refractivity (Wildman–Crippen MR) is 76.3 cm³/mol. The topological polar surface area (TPSA) is 85.3 Å². The van der Waals surface area contributed by atoms with E-state index in [9.17, 15) is 8.42 Å². The molecule has 0 atom stereocenters. The van der Waals surface area contributed by atoms with E-state index in [0.29, 0.717) is 17.8 Å². The lowest BCUT2D eigenvalue weighted by Gasteiger charge is -2.11. The van der Waals surface area contributed by atoms with Crippen LogP contribution in [-0.4, -0.2) is 8.42 Å². The van der Waals surface area contributed by atoms with Gasteiger partial charge in [0, 0.05) is 5.69 Å². The average molecular weight is 345 g/mol. The summed E-state index contributed by atoms with van der Waals surface area (Å²) in [6.45, 7) is 2.15. The fourth-order valence-corrected chi connectivity index (χ4v) is 2.89. The van der Waals surface area contributed by atoms with Gasteiger partial charge in [-0.05, 0) is 46.6 Å². The Balaban J connectivity index is 2.25. The van der Waals surface area contributed by atoms with Gasteiger partial charge in [-0.3, -0.25) is 0 Å². The van der Waals surface area contributed by atoms with Crippen LogP contribution in [0.25, 0.3) is 0 Å². The molecular formula is C12H13BrN2O3S. The van der Waals surface area contributed by atoms with E-state index in [-0.39, 0.29) is 4.90 Å². The van der Waals surface area contributed by atoms with E-state index in [1.807, 2.05) is 0 Å². The Morgan fingerprint density at radius 2 is 2.11 bits per heavy atom. The second-order valence-corrected chi connectivity index (χ2v) is 6.40. The first-order valence-electron chi connectivity index (χ1n) is 5.48. The maximum absolute atomic E-state index is 11.4. The van der Waals surface area contributed by atoms with Crippen molar-refractivity contribution in [3.63, 3.8) is 0 Å². The van der Waals surface area contributed by atoms with E-state index in [1.54, 1.807) is 31.4 Å². The molecule has 0 unspecified atom stereocenters. The highest BCUT2D eigenvalue weighted by Gasteiger charge is 2.14. The van der Waals surface area contributed by atoms with Gasteiger partial charge in [0.25, 0.3) is 0 Å². The van der Waals surface area contributed by atoms with E-state index in [0.717, 1.165) is 10.2 Å². The summed E-state index contributed by atoms with van der Waals surface area (Å²) >= 11 is 3.35. The van der Waals surface area contributed by atoms with Crippen molar-refractivity contribution in [3.8, 4) is 0 Å². The maximum Gasteiger partial charge on any atom is 0.238 e. The Bertz CT molecular complexity index is 695. The summed E-state index contributed by atoms with van der Waals surface area (Å²) in [5.74, 6) is 0.736. The number of primary sulfonamides is 1. The van der Waals surface area contributed by atoms with Gasteiger partial charge in [0.2, 0.25) is 10.0 Å². The molecule has 0 amide bonds. The van der Waals surface area contributed by atoms with Gasteiger partial charge >= 0.3 is 0 Å². The lowest BCUT2D eigenvalue weighted by atomic mass is 10.2. The zero-order valence-electron chi connectivity index (χ0n) is 10.2. The molecule has 0 aliphatic rings. The van der Waals surface area contributed by atoms with Gasteiger partial charge in [-0.15, -0.1) is 0 Å². The first-order valence-corrected chi connectivity index (χ1v) is 7.81. The molecule has 7 heteroatoms. The fraction of sp³-hybridized carbons (Fsp3) is 0.167. The van der Waals surface area contributed by atoms with Crippen molar-refractivity contribution in [1.82, 2.24) is 0 Å². The van der Waals surface area contributed by atoms with Gasteiger partial charge < -0.3 is 9.73 Å². The van der Waals surface area contributed by atoms with Crippen LogP contribution in [0.2, 0.25) is 0 Å². The third-order valence-electron chi connectivity index (χ3n) is 2.72. The Morgan fingerprint density at radius 1 is 1.37 bits per heavy atom. The summed E-state index contributed by atoms with van der Waals surface area (Å²) in [7, 11) is -3.71. The van der Waals surface area contributed by atoms with Crippen LogP contribution in [0.3, 0.4) is 0 Å². The summed E-state index contributed by atoms with van der Waals surface area (Å²) in [6, 6.07) is 6.72. The first-order chi connectivity index (χ1) is 8.89. The van der Waals surface area contributed by atoms with Crippen LogP contribution in [0.4, 0.5) is 5.69 Å². The van der Waals surface area contributed by atoms with Crippen LogP contribution in [0.1, 0.15) is 11.3 Å². The maximum atomic E-state index is 11.4. The molecule has 19 heavy (non-hydrogen) atoms. The number of hydrogen-bond donors (Lipinski definition) is 2. The Morgan fingerprint density at radius 3 is 2.68 bits per heavy atom. The van der Waals surface area contributed by atoms with Crippen molar-refractivity contribution < 1.29 is 12.8 Å². The molecule has 0 aliphatic heterocycles. The van der Waals surface area contributed by atoms with Crippen molar-refractivity contribution >= 4 is 31.6 Å². The summed E-state index contributed by atoms with van der Waals surface area (Å²) < 4.78 is 29.0. The molecule has 0 fully saturated rings. The predicted octanol–water partition coefficient (Wildman–Crippen LogP) is 2.61. The van der Waals surface area contributed by atoms with Gasteiger partial charge in [-0.1, -0.05) is 6.07 Å². The van der Waals surface area contributed by atoms with Crippen LogP contribution in [0.15, 0.2) is 44.3 Å². The van der Waals surface area contributed by atoms with Gasteiger partial charge in [0.1, 0.15) is 5.76 Å². The number of sulfonamides is 1. The van der Waals surface area contributed by atoms with E-state index in [1.165, 1.54) is 6.07 Å². The van der Waals surface area contributed by atoms with E-state index in [2.05, 4.69) is 21.2 Å². The minimum absolute atomic E-state index is 0.121. The van der Waals surface area contributed by atoms with Crippen molar-refractivity contribution in [2.24, 2.45) is 5.14 Å². The minimum atomic E-state index is -3.71. The fourth-order valence-electron chi connectivity index (χ4n) is 1.74. The molecule has 0 saturated heterocycles. The highest BCUT2D eigenvalue weighted by molar-refractivity contribution is 9.10. The van der Waals surface area contributed by atoms with Gasteiger partial charge in [0.15, 0.2) is 0 Å². The quantitative estimate of drug-likeness (QED) is 0.892. The number of nitrogens with two attached hydrogens (primary N) is 1. The lowest BCUT2D eigenvalue weighted by Crippen LogP contribution is -2.14. The molecule has 3 N–H and O–H groups in total. The Labute approximate surface area is 120 Å². The summed E-state index contributed by atoms with van der Waals surface area (Å²) in [4.78, 5) is 0.121. The standard InChI is InChI=1S/C12H13BrN2O3S/c1-8-10(3-2-4-12(8)19(14,16)17)15-7-11-9(13)5-6-18-11/h2-6,15H,7H2,1H3,(H2,14,16,17). The zero-order valence-corrected chi connectivity index (χ0v) is 12.6. The molecule has 2 rings (SSSR count).